The third-order valence-corrected chi connectivity index (χ3v) is 4.16. The Morgan fingerprint density at radius 1 is 0.800 bits per heavy atom. The zero-order valence-corrected chi connectivity index (χ0v) is 15.4. The first kappa shape index (κ1) is 21.0. The number of imide groups is 1. The molecule has 0 saturated carbocycles. The summed E-state index contributed by atoms with van der Waals surface area (Å²) in [7, 11) is 0. The van der Waals surface area contributed by atoms with E-state index in [0.717, 1.165) is 61.7 Å². The maximum atomic E-state index is 12.6. The Labute approximate surface area is 150 Å². The lowest BCUT2D eigenvalue weighted by atomic mass is 10.1. The standard InChI is InChI=1S/C20H29NO4/c1-3-5-7-9-11-19(24)21(20(25)12-10-8-6-4-2)17-15-16(22)13-14-18(17)23/h13-15H,3-12H2,1-2H3. The Morgan fingerprint density at radius 3 is 1.80 bits per heavy atom. The highest BCUT2D eigenvalue weighted by Crippen LogP contribution is 2.18. The number of nitrogens with zero attached hydrogens (tertiary/aromatic N) is 1. The molecule has 0 aromatic carbocycles. The predicted octanol–water partition coefficient (Wildman–Crippen LogP) is 3.87. The van der Waals surface area contributed by atoms with Crippen molar-refractivity contribution in [2.45, 2.75) is 78.1 Å². The maximum absolute atomic E-state index is 12.6. The van der Waals surface area contributed by atoms with Crippen LogP contribution in [0.15, 0.2) is 23.9 Å². The van der Waals surface area contributed by atoms with Gasteiger partial charge in [0.15, 0.2) is 5.78 Å². The van der Waals surface area contributed by atoms with E-state index in [4.69, 9.17) is 0 Å². The molecule has 5 nitrogen and oxygen atoms in total. The van der Waals surface area contributed by atoms with Crippen LogP contribution in [0.25, 0.3) is 0 Å². The fourth-order valence-electron chi connectivity index (χ4n) is 2.71. The SMILES string of the molecule is CCCCCCC(=O)N(C(=O)CCCCCC)C1=CC(=O)C=CC1=O. The Kier molecular flexibility index (Phi) is 9.66. The highest BCUT2D eigenvalue weighted by Gasteiger charge is 2.29. The van der Waals surface area contributed by atoms with Gasteiger partial charge in [-0.2, -0.15) is 0 Å². The van der Waals surface area contributed by atoms with E-state index in [2.05, 4.69) is 13.8 Å². The molecule has 25 heavy (non-hydrogen) atoms. The molecular weight excluding hydrogens is 318 g/mol. The molecule has 1 aliphatic rings. The average Bonchev–Trinajstić information content (AvgIpc) is 2.59. The number of unbranched alkanes of at least 4 members (excludes halogenated alkanes) is 6. The Balaban J connectivity index is 2.82. The van der Waals surface area contributed by atoms with Crippen LogP contribution in [0, 0.1) is 0 Å². The second kappa shape index (κ2) is 11.5. The summed E-state index contributed by atoms with van der Waals surface area (Å²) in [6.07, 6.45) is 11.1. The van der Waals surface area contributed by atoms with Gasteiger partial charge in [0.05, 0.1) is 0 Å². The molecule has 0 radical (unpaired) electrons. The summed E-state index contributed by atoms with van der Waals surface area (Å²) >= 11 is 0. The van der Waals surface area contributed by atoms with Gasteiger partial charge in [0.25, 0.3) is 0 Å². The van der Waals surface area contributed by atoms with Gasteiger partial charge in [0.1, 0.15) is 5.70 Å². The van der Waals surface area contributed by atoms with Crippen molar-refractivity contribution in [1.29, 1.82) is 0 Å². The fourth-order valence-corrected chi connectivity index (χ4v) is 2.71. The Morgan fingerprint density at radius 2 is 1.32 bits per heavy atom. The smallest absolute Gasteiger partial charge is 0.233 e. The molecule has 1 aliphatic carbocycles. The highest BCUT2D eigenvalue weighted by atomic mass is 16.2. The van der Waals surface area contributed by atoms with Crippen molar-refractivity contribution in [3.05, 3.63) is 23.9 Å². The van der Waals surface area contributed by atoms with E-state index < -0.39 is 5.78 Å². The summed E-state index contributed by atoms with van der Waals surface area (Å²) in [6, 6.07) is 0. The molecule has 0 aliphatic heterocycles. The van der Waals surface area contributed by atoms with E-state index in [1.807, 2.05) is 0 Å². The maximum Gasteiger partial charge on any atom is 0.233 e. The second-order valence-corrected chi connectivity index (χ2v) is 6.37. The second-order valence-electron chi connectivity index (χ2n) is 6.37. The molecule has 0 aromatic rings. The van der Waals surface area contributed by atoms with Gasteiger partial charge in [0, 0.05) is 18.9 Å². The molecule has 0 unspecified atom stereocenters. The van der Waals surface area contributed by atoms with Gasteiger partial charge in [-0.05, 0) is 25.0 Å². The van der Waals surface area contributed by atoms with Crippen LogP contribution in [0.5, 0.6) is 0 Å². The quantitative estimate of drug-likeness (QED) is 0.420. The first-order valence-electron chi connectivity index (χ1n) is 9.35. The van der Waals surface area contributed by atoms with Gasteiger partial charge in [-0.15, -0.1) is 0 Å². The number of amides is 2. The van der Waals surface area contributed by atoms with Crippen LogP contribution in [-0.4, -0.2) is 28.3 Å². The molecule has 0 bridgehead atoms. The zero-order valence-electron chi connectivity index (χ0n) is 15.4. The molecule has 5 heteroatoms. The number of carbonyl (C=O) groups is 4. The van der Waals surface area contributed by atoms with Crippen molar-refractivity contribution in [3.63, 3.8) is 0 Å². The van der Waals surface area contributed by atoms with Crippen LogP contribution in [-0.2, 0) is 19.2 Å². The molecule has 0 atom stereocenters. The van der Waals surface area contributed by atoms with E-state index >= 15 is 0 Å². The molecule has 0 N–H and O–H groups in total. The number of ketones is 2. The normalized spacial score (nSPS) is 13.8. The van der Waals surface area contributed by atoms with E-state index in [9.17, 15) is 19.2 Å². The average molecular weight is 347 g/mol. The monoisotopic (exact) mass is 347 g/mol. The van der Waals surface area contributed by atoms with Crippen LogP contribution in [0.3, 0.4) is 0 Å². The third-order valence-electron chi connectivity index (χ3n) is 4.16. The van der Waals surface area contributed by atoms with Crippen LogP contribution >= 0.6 is 0 Å². The molecule has 0 fully saturated rings. The lowest BCUT2D eigenvalue weighted by molar-refractivity contribution is -0.144. The van der Waals surface area contributed by atoms with Crippen molar-refractivity contribution in [3.8, 4) is 0 Å². The topological polar surface area (TPSA) is 71.5 Å². The van der Waals surface area contributed by atoms with Crippen molar-refractivity contribution in [2.24, 2.45) is 0 Å². The summed E-state index contributed by atoms with van der Waals surface area (Å²) in [6.45, 7) is 4.16. The van der Waals surface area contributed by atoms with Crippen molar-refractivity contribution >= 4 is 23.4 Å². The summed E-state index contributed by atoms with van der Waals surface area (Å²) in [5.41, 5.74) is -0.103. The first-order chi connectivity index (χ1) is 12.0. The van der Waals surface area contributed by atoms with Gasteiger partial charge in [0.2, 0.25) is 17.6 Å². The van der Waals surface area contributed by atoms with Crippen LogP contribution in [0.1, 0.15) is 78.1 Å². The van der Waals surface area contributed by atoms with Gasteiger partial charge >= 0.3 is 0 Å². The van der Waals surface area contributed by atoms with Gasteiger partial charge in [-0.3, -0.25) is 19.2 Å². The highest BCUT2D eigenvalue weighted by molar-refractivity contribution is 6.20. The number of hydrogen-bond donors (Lipinski definition) is 0. The van der Waals surface area contributed by atoms with Crippen LogP contribution < -0.4 is 0 Å². The summed E-state index contributed by atoms with van der Waals surface area (Å²) in [5.74, 6) is -1.63. The third kappa shape index (κ3) is 7.16. The zero-order chi connectivity index (χ0) is 18.7. The Bertz CT molecular complexity index is 536. The van der Waals surface area contributed by atoms with E-state index in [0.29, 0.717) is 12.8 Å². The minimum Gasteiger partial charge on any atom is -0.290 e. The fraction of sp³-hybridized carbons (Fsp3) is 0.600. The molecular formula is C20H29NO4. The van der Waals surface area contributed by atoms with Gasteiger partial charge < -0.3 is 0 Å². The minimum atomic E-state index is -0.469. The molecule has 0 heterocycles. The van der Waals surface area contributed by atoms with E-state index in [1.54, 1.807) is 0 Å². The molecule has 0 spiro atoms. The van der Waals surface area contributed by atoms with Gasteiger partial charge in [-0.25, -0.2) is 4.90 Å². The number of carbonyl (C=O) groups excluding carboxylic acids is 4. The van der Waals surface area contributed by atoms with Crippen molar-refractivity contribution in [2.75, 3.05) is 0 Å². The molecule has 2 amide bonds. The lowest BCUT2D eigenvalue weighted by Gasteiger charge is -2.23. The molecule has 1 rings (SSSR count). The number of rotatable bonds is 11. The first-order valence-corrected chi connectivity index (χ1v) is 9.35. The lowest BCUT2D eigenvalue weighted by Crippen LogP contribution is -2.39. The molecule has 138 valence electrons. The summed E-state index contributed by atoms with van der Waals surface area (Å²) in [5, 5.41) is 0. The summed E-state index contributed by atoms with van der Waals surface area (Å²) < 4.78 is 0. The molecule has 0 aromatic heterocycles. The van der Waals surface area contributed by atoms with Gasteiger partial charge in [-0.1, -0.05) is 52.4 Å². The molecule has 0 saturated heterocycles. The van der Waals surface area contributed by atoms with E-state index in [-0.39, 0.29) is 36.1 Å². The largest absolute Gasteiger partial charge is 0.290 e. The minimum absolute atomic E-state index is 0.103. The van der Waals surface area contributed by atoms with E-state index in [1.165, 1.54) is 0 Å². The Hall–Kier alpha value is -2.04. The van der Waals surface area contributed by atoms with Crippen molar-refractivity contribution < 1.29 is 19.2 Å². The van der Waals surface area contributed by atoms with Crippen LogP contribution in [0.2, 0.25) is 0 Å². The van der Waals surface area contributed by atoms with Crippen LogP contribution in [0.4, 0.5) is 0 Å². The predicted molar refractivity (Wildman–Crippen MR) is 96.6 cm³/mol. The number of hydrogen-bond acceptors (Lipinski definition) is 4. The van der Waals surface area contributed by atoms with Crippen molar-refractivity contribution in [1.82, 2.24) is 4.90 Å². The number of allylic oxidation sites excluding steroid dienone is 3. The summed E-state index contributed by atoms with van der Waals surface area (Å²) in [4.78, 5) is 49.8.